The van der Waals surface area contributed by atoms with E-state index in [-0.39, 0.29) is 11.9 Å². The van der Waals surface area contributed by atoms with Gasteiger partial charge in [-0.3, -0.25) is 9.78 Å². The molecule has 1 amide bonds. The summed E-state index contributed by atoms with van der Waals surface area (Å²) in [6.45, 7) is 3.95. The molecular formula is C15H18N4O. The smallest absolute Gasteiger partial charge is 0.254 e. The Labute approximate surface area is 118 Å². The first-order chi connectivity index (χ1) is 9.69. The molecule has 20 heavy (non-hydrogen) atoms. The number of carbonyl (C=O) groups excluding carboxylic acids is 1. The lowest BCUT2D eigenvalue weighted by Crippen LogP contribution is -2.34. The molecule has 0 unspecified atom stereocenters. The Morgan fingerprint density at radius 3 is 2.50 bits per heavy atom. The fourth-order valence-corrected chi connectivity index (χ4v) is 1.89. The minimum Gasteiger partial charge on any atom is -0.349 e. The van der Waals surface area contributed by atoms with Crippen molar-refractivity contribution in [2.24, 2.45) is 0 Å². The highest BCUT2D eigenvalue weighted by atomic mass is 16.1. The van der Waals surface area contributed by atoms with Gasteiger partial charge in [-0.05, 0) is 31.0 Å². The van der Waals surface area contributed by atoms with Gasteiger partial charge in [-0.2, -0.15) is 0 Å². The molecule has 1 N–H and O–H groups in total. The molecule has 1 atom stereocenters. The summed E-state index contributed by atoms with van der Waals surface area (Å²) in [4.78, 5) is 24.3. The van der Waals surface area contributed by atoms with E-state index in [1.807, 2.05) is 26.0 Å². The highest BCUT2D eigenvalue weighted by molar-refractivity contribution is 5.93. The van der Waals surface area contributed by atoms with Crippen molar-refractivity contribution in [3.05, 3.63) is 53.9 Å². The van der Waals surface area contributed by atoms with Gasteiger partial charge in [0.2, 0.25) is 0 Å². The van der Waals surface area contributed by atoms with Gasteiger partial charge in [-0.25, -0.2) is 9.97 Å². The van der Waals surface area contributed by atoms with E-state index >= 15 is 0 Å². The summed E-state index contributed by atoms with van der Waals surface area (Å²) in [7, 11) is 0. The van der Waals surface area contributed by atoms with Crippen molar-refractivity contribution in [2.75, 3.05) is 0 Å². The molecule has 2 aromatic heterocycles. The van der Waals surface area contributed by atoms with Crippen LogP contribution in [0.15, 0.2) is 36.9 Å². The average Bonchev–Trinajstić information content (AvgIpc) is 2.48. The number of aryl methyl sites for hydroxylation is 1. The largest absolute Gasteiger partial charge is 0.349 e. The number of hydrogen-bond donors (Lipinski definition) is 1. The number of pyridine rings is 1. The summed E-state index contributed by atoms with van der Waals surface area (Å²) in [5, 5.41) is 2.94. The van der Waals surface area contributed by atoms with Crippen LogP contribution < -0.4 is 5.32 Å². The second kappa shape index (κ2) is 6.75. The second-order valence-corrected chi connectivity index (χ2v) is 4.68. The number of aromatic nitrogens is 3. The Morgan fingerprint density at radius 1 is 1.25 bits per heavy atom. The van der Waals surface area contributed by atoms with Crippen LogP contribution >= 0.6 is 0 Å². The minimum absolute atomic E-state index is 0.0377. The van der Waals surface area contributed by atoms with E-state index in [0.29, 0.717) is 5.56 Å². The van der Waals surface area contributed by atoms with Crippen LogP contribution in [0.5, 0.6) is 0 Å². The summed E-state index contributed by atoms with van der Waals surface area (Å²) < 4.78 is 0. The molecule has 2 heterocycles. The van der Waals surface area contributed by atoms with Crippen LogP contribution in [0.25, 0.3) is 0 Å². The Bertz CT molecular complexity index is 554. The van der Waals surface area contributed by atoms with Gasteiger partial charge in [0.1, 0.15) is 5.82 Å². The molecule has 0 aromatic carbocycles. The predicted molar refractivity (Wildman–Crippen MR) is 76.3 cm³/mol. The Hall–Kier alpha value is -2.30. The molecule has 2 rings (SSSR count). The lowest BCUT2D eigenvalue weighted by molar-refractivity contribution is 0.0939. The zero-order valence-corrected chi connectivity index (χ0v) is 11.7. The zero-order chi connectivity index (χ0) is 14.4. The molecule has 0 bridgehead atoms. The highest BCUT2D eigenvalue weighted by Gasteiger charge is 2.11. The molecule has 0 aliphatic rings. The topological polar surface area (TPSA) is 67.8 Å². The number of amides is 1. The molecule has 2 aromatic rings. The molecule has 104 valence electrons. The maximum Gasteiger partial charge on any atom is 0.254 e. The standard InChI is InChI=1S/C15H18N4O/c1-3-14-17-9-13(10-18-14)15(20)19-11(2)8-12-4-6-16-7-5-12/h4-7,9-11H,3,8H2,1-2H3,(H,19,20)/t11-/m0/s1. The van der Waals surface area contributed by atoms with E-state index in [0.717, 1.165) is 24.2 Å². The van der Waals surface area contributed by atoms with E-state index < -0.39 is 0 Å². The van der Waals surface area contributed by atoms with Crippen molar-refractivity contribution in [2.45, 2.75) is 32.7 Å². The normalized spacial score (nSPS) is 11.9. The molecule has 5 heteroatoms. The van der Waals surface area contributed by atoms with Crippen LogP contribution in [-0.4, -0.2) is 26.9 Å². The zero-order valence-electron chi connectivity index (χ0n) is 11.7. The summed E-state index contributed by atoms with van der Waals surface area (Å²) in [6, 6.07) is 3.93. The van der Waals surface area contributed by atoms with E-state index in [1.54, 1.807) is 24.8 Å². The van der Waals surface area contributed by atoms with Crippen LogP contribution in [0.3, 0.4) is 0 Å². The lowest BCUT2D eigenvalue weighted by Gasteiger charge is -2.13. The summed E-state index contributed by atoms with van der Waals surface area (Å²) in [6.07, 6.45) is 8.17. The molecule has 5 nitrogen and oxygen atoms in total. The molecule has 0 spiro atoms. The van der Waals surface area contributed by atoms with Gasteiger partial charge in [0.25, 0.3) is 5.91 Å². The van der Waals surface area contributed by atoms with Crippen molar-refractivity contribution in [1.82, 2.24) is 20.3 Å². The van der Waals surface area contributed by atoms with Gasteiger partial charge in [0.05, 0.1) is 5.56 Å². The van der Waals surface area contributed by atoms with Crippen LogP contribution in [0.2, 0.25) is 0 Å². The average molecular weight is 270 g/mol. The Morgan fingerprint density at radius 2 is 1.90 bits per heavy atom. The molecule has 0 aliphatic carbocycles. The van der Waals surface area contributed by atoms with Crippen LogP contribution in [-0.2, 0) is 12.8 Å². The molecular weight excluding hydrogens is 252 g/mol. The number of carbonyl (C=O) groups is 1. The van der Waals surface area contributed by atoms with Gasteiger partial charge in [0, 0.05) is 37.3 Å². The van der Waals surface area contributed by atoms with Crippen molar-refractivity contribution < 1.29 is 4.79 Å². The summed E-state index contributed by atoms with van der Waals surface area (Å²) in [5.41, 5.74) is 1.63. The number of hydrogen-bond acceptors (Lipinski definition) is 4. The van der Waals surface area contributed by atoms with Crippen molar-refractivity contribution >= 4 is 5.91 Å². The third-order valence-corrected chi connectivity index (χ3v) is 2.95. The number of rotatable bonds is 5. The number of nitrogens with zero attached hydrogens (tertiary/aromatic N) is 3. The molecule has 0 fully saturated rings. The summed E-state index contributed by atoms with van der Waals surface area (Å²) in [5.74, 6) is 0.598. The van der Waals surface area contributed by atoms with Gasteiger partial charge < -0.3 is 5.32 Å². The molecule has 0 radical (unpaired) electrons. The Kier molecular flexibility index (Phi) is 4.76. The highest BCUT2D eigenvalue weighted by Crippen LogP contribution is 2.03. The summed E-state index contributed by atoms with van der Waals surface area (Å²) >= 11 is 0. The van der Waals surface area contributed by atoms with Crippen molar-refractivity contribution in [3.63, 3.8) is 0 Å². The van der Waals surface area contributed by atoms with E-state index in [1.165, 1.54) is 0 Å². The van der Waals surface area contributed by atoms with Gasteiger partial charge in [-0.15, -0.1) is 0 Å². The second-order valence-electron chi connectivity index (χ2n) is 4.68. The van der Waals surface area contributed by atoms with Crippen LogP contribution in [0.4, 0.5) is 0 Å². The van der Waals surface area contributed by atoms with E-state index in [4.69, 9.17) is 0 Å². The van der Waals surface area contributed by atoms with Crippen LogP contribution in [0.1, 0.15) is 35.6 Å². The SMILES string of the molecule is CCc1ncc(C(=O)N[C@@H](C)Cc2ccncc2)cn1. The van der Waals surface area contributed by atoms with Crippen molar-refractivity contribution in [1.29, 1.82) is 0 Å². The Balaban J connectivity index is 1.93. The monoisotopic (exact) mass is 270 g/mol. The first kappa shape index (κ1) is 14.1. The fraction of sp³-hybridized carbons (Fsp3) is 0.333. The van der Waals surface area contributed by atoms with Gasteiger partial charge >= 0.3 is 0 Å². The maximum absolute atomic E-state index is 12.0. The quantitative estimate of drug-likeness (QED) is 0.899. The first-order valence-corrected chi connectivity index (χ1v) is 6.69. The van der Waals surface area contributed by atoms with Crippen LogP contribution in [0, 0.1) is 0 Å². The predicted octanol–water partition coefficient (Wildman–Crippen LogP) is 1.80. The molecule has 0 saturated carbocycles. The third kappa shape index (κ3) is 3.85. The number of nitrogens with one attached hydrogen (secondary N) is 1. The third-order valence-electron chi connectivity index (χ3n) is 2.95. The van der Waals surface area contributed by atoms with Gasteiger partial charge in [-0.1, -0.05) is 6.92 Å². The maximum atomic E-state index is 12.0. The van der Waals surface area contributed by atoms with Crippen molar-refractivity contribution in [3.8, 4) is 0 Å². The first-order valence-electron chi connectivity index (χ1n) is 6.69. The minimum atomic E-state index is -0.144. The van der Waals surface area contributed by atoms with E-state index in [9.17, 15) is 4.79 Å². The van der Waals surface area contributed by atoms with Gasteiger partial charge in [0.15, 0.2) is 0 Å². The molecule has 0 saturated heterocycles. The fourth-order valence-electron chi connectivity index (χ4n) is 1.89. The molecule has 0 aliphatic heterocycles. The van der Waals surface area contributed by atoms with E-state index in [2.05, 4.69) is 20.3 Å². The lowest BCUT2D eigenvalue weighted by atomic mass is 10.1.